The molecule has 2 heteroatoms. The van der Waals surface area contributed by atoms with Gasteiger partial charge in [0.2, 0.25) is 0 Å². The summed E-state index contributed by atoms with van der Waals surface area (Å²) in [7, 11) is 1.79. The van der Waals surface area contributed by atoms with Crippen LogP contribution in [0.5, 0.6) is 0 Å². The van der Waals surface area contributed by atoms with Gasteiger partial charge in [0.25, 0.3) is 0 Å². The average molecular weight is 171 g/mol. The predicted molar refractivity (Wildman–Crippen MR) is 51.0 cm³/mol. The molecule has 0 aliphatic heterocycles. The highest BCUT2D eigenvalue weighted by Crippen LogP contribution is 2.45. The Morgan fingerprint density at radius 1 is 1.25 bits per heavy atom. The lowest BCUT2D eigenvalue weighted by atomic mass is 9.65. The van der Waals surface area contributed by atoms with Crippen LogP contribution >= 0.6 is 0 Å². The molecule has 0 aromatic carbocycles. The molecule has 0 spiro atoms. The van der Waals surface area contributed by atoms with Gasteiger partial charge >= 0.3 is 0 Å². The second kappa shape index (κ2) is 3.35. The molecule has 12 heavy (non-hydrogen) atoms. The topological polar surface area (TPSA) is 35.2 Å². The fraction of sp³-hybridized carbons (Fsp3) is 1.00. The predicted octanol–water partition coefficient (Wildman–Crippen LogP) is 1.93. The molecule has 1 rings (SSSR count). The SMILES string of the molecule is COC1(CN)CCCCC1(C)C. The van der Waals surface area contributed by atoms with Gasteiger partial charge in [-0.1, -0.05) is 26.7 Å². The molecule has 2 nitrogen and oxygen atoms in total. The number of rotatable bonds is 2. The average Bonchev–Trinajstić information content (AvgIpc) is 2.05. The molecule has 1 aliphatic rings. The van der Waals surface area contributed by atoms with Crippen LogP contribution in [-0.2, 0) is 4.74 Å². The molecule has 1 unspecified atom stereocenters. The number of ether oxygens (including phenoxy) is 1. The van der Waals surface area contributed by atoms with Gasteiger partial charge in [0.05, 0.1) is 5.60 Å². The molecular weight excluding hydrogens is 150 g/mol. The third-order valence-corrected chi connectivity index (χ3v) is 3.59. The summed E-state index contributed by atoms with van der Waals surface area (Å²) in [6.07, 6.45) is 4.93. The van der Waals surface area contributed by atoms with Gasteiger partial charge in [-0.2, -0.15) is 0 Å². The minimum Gasteiger partial charge on any atom is -0.376 e. The molecule has 0 heterocycles. The maximum absolute atomic E-state index is 5.80. The molecule has 2 N–H and O–H groups in total. The van der Waals surface area contributed by atoms with Crippen LogP contribution in [0.15, 0.2) is 0 Å². The van der Waals surface area contributed by atoms with Crippen LogP contribution in [0, 0.1) is 5.41 Å². The maximum atomic E-state index is 5.80. The van der Waals surface area contributed by atoms with Gasteiger partial charge in [0, 0.05) is 13.7 Å². The standard InChI is InChI=1S/C10H21NO/c1-9(2)6-4-5-7-10(9,8-11)12-3/h4-8,11H2,1-3H3. The van der Waals surface area contributed by atoms with E-state index >= 15 is 0 Å². The maximum Gasteiger partial charge on any atom is 0.0850 e. The summed E-state index contributed by atoms with van der Waals surface area (Å²) in [6.45, 7) is 5.18. The first-order valence-corrected chi connectivity index (χ1v) is 4.83. The van der Waals surface area contributed by atoms with Crippen molar-refractivity contribution in [1.82, 2.24) is 0 Å². The van der Waals surface area contributed by atoms with E-state index in [2.05, 4.69) is 13.8 Å². The molecule has 1 fully saturated rings. The summed E-state index contributed by atoms with van der Waals surface area (Å²) in [5, 5.41) is 0. The summed E-state index contributed by atoms with van der Waals surface area (Å²) in [5.41, 5.74) is 5.98. The summed E-state index contributed by atoms with van der Waals surface area (Å²) in [5.74, 6) is 0. The van der Waals surface area contributed by atoms with E-state index in [-0.39, 0.29) is 11.0 Å². The summed E-state index contributed by atoms with van der Waals surface area (Å²) >= 11 is 0. The molecule has 0 aromatic rings. The third kappa shape index (κ3) is 1.38. The van der Waals surface area contributed by atoms with Crippen molar-refractivity contribution in [3.8, 4) is 0 Å². The van der Waals surface area contributed by atoms with Crippen molar-refractivity contribution < 1.29 is 4.74 Å². The lowest BCUT2D eigenvalue weighted by Crippen LogP contribution is -2.53. The second-order valence-electron chi connectivity index (χ2n) is 4.49. The number of nitrogens with two attached hydrogens (primary N) is 1. The van der Waals surface area contributed by atoms with Gasteiger partial charge in [0.15, 0.2) is 0 Å². The Bertz CT molecular complexity index is 150. The summed E-state index contributed by atoms with van der Waals surface area (Å²) in [6, 6.07) is 0. The molecule has 0 saturated heterocycles. The molecule has 1 saturated carbocycles. The van der Waals surface area contributed by atoms with Gasteiger partial charge in [0.1, 0.15) is 0 Å². The fourth-order valence-electron chi connectivity index (χ4n) is 2.38. The fourth-order valence-corrected chi connectivity index (χ4v) is 2.38. The smallest absolute Gasteiger partial charge is 0.0850 e. The molecule has 1 aliphatic carbocycles. The normalized spacial score (nSPS) is 35.0. The highest BCUT2D eigenvalue weighted by Gasteiger charge is 2.45. The van der Waals surface area contributed by atoms with E-state index in [0.717, 1.165) is 6.42 Å². The molecule has 0 aromatic heterocycles. The van der Waals surface area contributed by atoms with Gasteiger partial charge in [-0.3, -0.25) is 0 Å². The number of hydrogen-bond acceptors (Lipinski definition) is 2. The lowest BCUT2D eigenvalue weighted by molar-refractivity contribution is -0.117. The highest BCUT2D eigenvalue weighted by molar-refractivity contribution is 4.98. The minimum absolute atomic E-state index is 0.0642. The first kappa shape index (κ1) is 10.0. The Kier molecular flexibility index (Phi) is 2.79. The molecule has 72 valence electrons. The Hall–Kier alpha value is -0.0800. The van der Waals surface area contributed by atoms with Crippen LogP contribution in [-0.4, -0.2) is 19.3 Å². The van der Waals surface area contributed by atoms with Crippen LogP contribution in [0.1, 0.15) is 39.5 Å². The van der Waals surface area contributed by atoms with Gasteiger partial charge < -0.3 is 10.5 Å². The van der Waals surface area contributed by atoms with E-state index in [4.69, 9.17) is 10.5 Å². The zero-order chi connectivity index (χ0) is 9.24. The Balaban J connectivity index is 2.81. The van der Waals surface area contributed by atoms with Crippen molar-refractivity contribution in [2.75, 3.05) is 13.7 Å². The lowest BCUT2D eigenvalue weighted by Gasteiger charge is -2.48. The van der Waals surface area contributed by atoms with Crippen molar-refractivity contribution in [3.05, 3.63) is 0 Å². The molecule has 0 amide bonds. The van der Waals surface area contributed by atoms with Gasteiger partial charge in [-0.15, -0.1) is 0 Å². The van der Waals surface area contributed by atoms with E-state index in [1.54, 1.807) is 7.11 Å². The number of methoxy groups -OCH3 is 1. The van der Waals surface area contributed by atoms with Gasteiger partial charge in [-0.25, -0.2) is 0 Å². The quantitative estimate of drug-likeness (QED) is 0.689. The van der Waals surface area contributed by atoms with Crippen LogP contribution in [0.2, 0.25) is 0 Å². The number of hydrogen-bond donors (Lipinski definition) is 1. The van der Waals surface area contributed by atoms with Crippen LogP contribution < -0.4 is 5.73 Å². The Morgan fingerprint density at radius 3 is 2.17 bits per heavy atom. The second-order valence-corrected chi connectivity index (χ2v) is 4.49. The molecule has 0 bridgehead atoms. The van der Waals surface area contributed by atoms with Crippen molar-refractivity contribution in [1.29, 1.82) is 0 Å². The largest absolute Gasteiger partial charge is 0.376 e. The van der Waals surface area contributed by atoms with Crippen LogP contribution in [0.3, 0.4) is 0 Å². The van der Waals surface area contributed by atoms with Crippen LogP contribution in [0.25, 0.3) is 0 Å². The van der Waals surface area contributed by atoms with Crippen molar-refractivity contribution in [2.24, 2.45) is 11.1 Å². The molecule has 1 atom stereocenters. The van der Waals surface area contributed by atoms with Gasteiger partial charge in [-0.05, 0) is 18.3 Å². The van der Waals surface area contributed by atoms with Crippen molar-refractivity contribution in [2.45, 2.75) is 45.1 Å². The van der Waals surface area contributed by atoms with E-state index < -0.39 is 0 Å². The Morgan fingerprint density at radius 2 is 1.83 bits per heavy atom. The molecular formula is C10H21NO. The summed E-state index contributed by atoms with van der Waals surface area (Å²) in [4.78, 5) is 0. The summed E-state index contributed by atoms with van der Waals surface area (Å²) < 4.78 is 5.62. The van der Waals surface area contributed by atoms with E-state index in [9.17, 15) is 0 Å². The molecule has 0 radical (unpaired) electrons. The van der Waals surface area contributed by atoms with Crippen LogP contribution in [0.4, 0.5) is 0 Å². The van der Waals surface area contributed by atoms with E-state index in [0.29, 0.717) is 6.54 Å². The third-order valence-electron chi connectivity index (χ3n) is 3.59. The van der Waals surface area contributed by atoms with Crippen molar-refractivity contribution >= 4 is 0 Å². The van der Waals surface area contributed by atoms with Crippen molar-refractivity contribution in [3.63, 3.8) is 0 Å². The first-order valence-electron chi connectivity index (χ1n) is 4.83. The van der Waals surface area contributed by atoms with E-state index in [1.165, 1.54) is 19.3 Å². The first-order chi connectivity index (χ1) is 5.58. The Labute approximate surface area is 75.5 Å². The zero-order valence-electron chi connectivity index (χ0n) is 8.52. The monoisotopic (exact) mass is 171 g/mol. The van der Waals surface area contributed by atoms with E-state index in [1.807, 2.05) is 0 Å². The zero-order valence-corrected chi connectivity index (χ0v) is 8.52. The minimum atomic E-state index is -0.0642. The highest BCUT2D eigenvalue weighted by atomic mass is 16.5.